The molecule has 0 atom stereocenters. The molecule has 0 aliphatic rings. The summed E-state index contributed by atoms with van der Waals surface area (Å²) in [6, 6.07) is 11.3. The van der Waals surface area contributed by atoms with Crippen LogP contribution in [0.15, 0.2) is 47.8 Å². The van der Waals surface area contributed by atoms with Gasteiger partial charge in [0.15, 0.2) is 0 Å². The van der Waals surface area contributed by atoms with Gasteiger partial charge in [-0.15, -0.1) is 11.3 Å². The topological polar surface area (TPSA) is 100 Å². The second kappa shape index (κ2) is 9.94. The van der Waals surface area contributed by atoms with E-state index in [-0.39, 0.29) is 24.7 Å². The zero-order valence-corrected chi connectivity index (χ0v) is 17.8. The lowest BCUT2D eigenvalue weighted by Gasteiger charge is -2.09. The van der Waals surface area contributed by atoms with Gasteiger partial charge in [-0.3, -0.25) is 25.2 Å². The number of aromatic nitrogens is 1. The van der Waals surface area contributed by atoms with Gasteiger partial charge in [-0.05, 0) is 50.2 Å². The highest BCUT2D eigenvalue weighted by Gasteiger charge is 2.12. The average molecular weight is 441 g/mol. The van der Waals surface area contributed by atoms with Gasteiger partial charge in [0, 0.05) is 16.5 Å². The van der Waals surface area contributed by atoms with E-state index in [9.17, 15) is 18.8 Å². The molecule has 160 valence electrons. The number of hydrazine groups is 1. The number of aryl methyl sites for hydroxylation is 2. The van der Waals surface area contributed by atoms with Crippen LogP contribution in [0.1, 0.15) is 27.2 Å². The van der Waals surface area contributed by atoms with Crippen LogP contribution < -0.4 is 16.2 Å². The molecule has 9 heteroatoms. The molecule has 0 aliphatic heterocycles. The van der Waals surface area contributed by atoms with Crippen molar-refractivity contribution in [1.29, 1.82) is 0 Å². The van der Waals surface area contributed by atoms with Gasteiger partial charge in [0.1, 0.15) is 10.8 Å². The molecule has 2 aromatic carbocycles. The van der Waals surface area contributed by atoms with Crippen LogP contribution in [0.2, 0.25) is 0 Å². The van der Waals surface area contributed by atoms with Crippen molar-refractivity contribution in [3.05, 3.63) is 76.0 Å². The number of benzene rings is 2. The number of hydrogen-bond donors (Lipinski definition) is 3. The highest BCUT2D eigenvalue weighted by molar-refractivity contribution is 7.13. The molecule has 0 saturated carbocycles. The van der Waals surface area contributed by atoms with Crippen LogP contribution in [0.25, 0.3) is 10.6 Å². The lowest BCUT2D eigenvalue weighted by Crippen LogP contribution is -2.46. The van der Waals surface area contributed by atoms with Crippen molar-refractivity contribution in [3.8, 4) is 10.6 Å². The number of nitrogens with one attached hydrogen (secondary N) is 3. The predicted molar refractivity (Wildman–Crippen MR) is 116 cm³/mol. The van der Waals surface area contributed by atoms with E-state index < -0.39 is 11.8 Å². The summed E-state index contributed by atoms with van der Waals surface area (Å²) in [5.74, 6) is -1.72. The molecule has 0 spiro atoms. The predicted octanol–water partition coefficient (Wildman–Crippen LogP) is 2.69. The number of thiazole rings is 1. The molecule has 3 N–H and O–H groups in total. The standard InChI is InChI=1S/C22H21FN4O3S/c1-13-7-14(2)9-16(8-13)21(30)24-11-20(29)27-26-19(28)10-18-12-31-22(25-18)15-3-5-17(23)6-4-15/h3-9,12H,10-11H2,1-2H3,(H,24,30)(H,26,28)(H,27,29). The highest BCUT2D eigenvalue weighted by atomic mass is 32.1. The fourth-order valence-corrected chi connectivity index (χ4v) is 3.70. The minimum atomic E-state index is -0.559. The summed E-state index contributed by atoms with van der Waals surface area (Å²) in [5.41, 5.74) is 8.20. The van der Waals surface area contributed by atoms with Gasteiger partial charge < -0.3 is 5.32 Å². The molecular weight excluding hydrogens is 419 g/mol. The Kier molecular flexibility index (Phi) is 7.09. The van der Waals surface area contributed by atoms with E-state index in [1.54, 1.807) is 29.6 Å². The van der Waals surface area contributed by atoms with Crippen LogP contribution in [0.5, 0.6) is 0 Å². The summed E-state index contributed by atoms with van der Waals surface area (Å²) >= 11 is 1.34. The lowest BCUT2D eigenvalue weighted by molar-refractivity contribution is -0.128. The Bertz CT molecular complexity index is 1090. The third-order valence-corrected chi connectivity index (χ3v) is 5.16. The summed E-state index contributed by atoms with van der Waals surface area (Å²) in [6.45, 7) is 3.49. The van der Waals surface area contributed by atoms with Gasteiger partial charge in [-0.1, -0.05) is 17.2 Å². The monoisotopic (exact) mass is 440 g/mol. The van der Waals surface area contributed by atoms with E-state index in [1.807, 2.05) is 19.9 Å². The molecule has 0 bridgehead atoms. The summed E-state index contributed by atoms with van der Waals surface area (Å²) in [6.07, 6.45) is -0.0348. The molecule has 1 heterocycles. The zero-order chi connectivity index (χ0) is 22.4. The second-order valence-electron chi connectivity index (χ2n) is 6.98. The number of rotatable bonds is 6. The van der Waals surface area contributed by atoms with Gasteiger partial charge >= 0.3 is 0 Å². The largest absolute Gasteiger partial charge is 0.343 e. The van der Waals surface area contributed by atoms with Gasteiger partial charge in [-0.25, -0.2) is 9.37 Å². The minimum Gasteiger partial charge on any atom is -0.343 e. The smallest absolute Gasteiger partial charge is 0.257 e. The summed E-state index contributed by atoms with van der Waals surface area (Å²) < 4.78 is 13.0. The van der Waals surface area contributed by atoms with E-state index in [1.165, 1.54) is 23.5 Å². The van der Waals surface area contributed by atoms with Crippen LogP contribution in [0.4, 0.5) is 4.39 Å². The lowest BCUT2D eigenvalue weighted by atomic mass is 10.1. The Morgan fingerprint density at radius 3 is 2.29 bits per heavy atom. The molecule has 7 nitrogen and oxygen atoms in total. The Morgan fingerprint density at radius 1 is 0.968 bits per heavy atom. The van der Waals surface area contributed by atoms with E-state index in [0.717, 1.165) is 16.7 Å². The van der Waals surface area contributed by atoms with Crippen molar-refractivity contribution in [2.45, 2.75) is 20.3 Å². The molecule has 31 heavy (non-hydrogen) atoms. The van der Waals surface area contributed by atoms with Crippen molar-refractivity contribution in [2.75, 3.05) is 6.54 Å². The summed E-state index contributed by atoms with van der Waals surface area (Å²) in [5, 5.41) is 4.91. The third-order valence-electron chi connectivity index (χ3n) is 4.22. The molecule has 3 aromatic rings. The fourth-order valence-electron chi connectivity index (χ4n) is 2.87. The quantitative estimate of drug-likeness (QED) is 0.513. The first kappa shape index (κ1) is 22.1. The SMILES string of the molecule is Cc1cc(C)cc(C(=O)NCC(=O)NNC(=O)Cc2csc(-c3ccc(F)cc3)n2)c1. The van der Waals surface area contributed by atoms with Crippen LogP contribution in [-0.4, -0.2) is 29.3 Å². The van der Waals surface area contributed by atoms with E-state index in [2.05, 4.69) is 21.2 Å². The van der Waals surface area contributed by atoms with Crippen LogP contribution >= 0.6 is 11.3 Å². The van der Waals surface area contributed by atoms with Gasteiger partial charge in [0.2, 0.25) is 5.91 Å². The molecule has 0 radical (unpaired) electrons. The maximum Gasteiger partial charge on any atom is 0.257 e. The van der Waals surface area contributed by atoms with E-state index in [0.29, 0.717) is 16.3 Å². The Balaban J connectivity index is 1.43. The van der Waals surface area contributed by atoms with Crippen LogP contribution in [-0.2, 0) is 16.0 Å². The number of carbonyl (C=O) groups excluding carboxylic acids is 3. The first-order valence-corrected chi connectivity index (χ1v) is 10.3. The molecule has 0 saturated heterocycles. The van der Waals surface area contributed by atoms with Gasteiger partial charge in [0.05, 0.1) is 18.7 Å². The molecule has 0 fully saturated rings. The normalized spacial score (nSPS) is 10.4. The number of nitrogens with zero attached hydrogens (tertiary/aromatic N) is 1. The maximum absolute atomic E-state index is 13.0. The van der Waals surface area contributed by atoms with Crippen LogP contribution in [0, 0.1) is 19.7 Å². The Hall–Kier alpha value is -3.59. The van der Waals surface area contributed by atoms with Gasteiger partial charge in [0.25, 0.3) is 11.8 Å². The van der Waals surface area contributed by atoms with E-state index >= 15 is 0 Å². The maximum atomic E-state index is 13.0. The molecule has 3 amide bonds. The first-order chi connectivity index (χ1) is 14.8. The molecule has 0 aliphatic carbocycles. The molecule has 0 unspecified atom stereocenters. The molecule has 1 aromatic heterocycles. The van der Waals surface area contributed by atoms with Crippen molar-refractivity contribution in [1.82, 2.24) is 21.2 Å². The zero-order valence-electron chi connectivity index (χ0n) is 17.0. The fraction of sp³-hybridized carbons (Fsp3) is 0.182. The number of carbonyl (C=O) groups is 3. The summed E-state index contributed by atoms with van der Waals surface area (Å²) in [7, 11) is 0. The molecule has 3 rings (SSSR count). The number of halogens is 1. The molecular formula is C22H21FN4O3S. The van der Waals surface area contributed by atoms with Gasteiger partial charge in [-0.2, -0.15) is 0 Å². The number of amides is 3. The third kappa shape index (κ3) is 6.45. The van der Waals surface area contributed by atoms with Crippen LogP contribution in [0.3, 0.4) is 0 Å². The van der Waals surface area contributed by atoms with Crippen molar-refractivity contribution in [2.24, 2.45) is 0 Å². The number of hydrogen-bond acceptors (Lipinski definition) is 5. The first-order valence-electron chi connectivity index (χ1n) is 9.44. The van der Waals surface area contributed by atoms with E-state index in [4.69, 9.17) is 0 Å². The average Bonchev–Trinajstić information content (AvgIpc) is 3.18. The summed E-state index contributed by atoms with van der Waals surface area (Å²) in [4.78, 5) is 40.5. The Labute approximate surface area is 182 Å². The highest BCUT2D eigenvalue weighted by Crippen LogP contribution is 2.24. The second-order valence-corrected chi connectivity index (χ2v) is 7.84. The van der Waals surface area contributed by atoms with Crippen molar-refractivity contribution in [3.63, 3.8) is 0 Å². The Morgan fingerprint density at radius 2 is 1.61 bits per heavy atom. The van der Waals surface area contributed by atoms with Crippen molar-refractivity contribution < 1.29 is 18.8 Å². The minimum absolute atomic E-state index is 0.0348. The van der Waals surface area contributed by atoms with Crippen molar-refractivity contribution >= 4 is 29.1 Å².